The highest BCUT2D eigenvalue weighted by molar-refractivity contribution is 6.61. The van der Waals surface area contributed by atoms with Crippen LogP contribution < -0.4 is 15.7 Å². The molecule has 0 radical (unpaired) electrons. The van der Waals surface area contributed by atoms with E-state index < -0.39 is 36.1 Å². The molecule has 10 nitrogen and oxygen atoms in total. The van der Waals surface area contributed by atoms with Crippen molar-refractivity contribution in [1.29, 1.82) is 0 Å². The lowest BCUT2D eigenvalue weighted by atomic mass is 9.81. The average molecular weight is 544 g/mol. The zero-order valence-electron chi connectivity index (χ0n) is 25.1. The van der Waals surface area contributed by atoms with E-state index in [2.05, 4.69) is 10.2 Å². The van der Waals surface area contributed by atoms with E-state index in [1.807, 2.05) is 67.2 Å². The standard InChI is InChI=1S/C28H46BN5O5/c1-18(2)22(32-25(36)37-26(3,4)5)23(35)33-14-10-11-21(33)17-34(20-12-13-20)24-30-15-19(16-31-24)29-38-27(6,7)28(8,9)39-29/h15-16,18,20-22H,10-14,17H2,1-9H3,(H,32,36)/t21-,22-/m0/s1. The Morgan fingerprint density at radius 1 is 1.13 bits per heavy atom. The van der Waals surface area contributed by atoms with Crippen LogP contribution in [0.3, 0.4) is 0 Å². The van der Waals surface area contributed by atoms with E-state index in [-0.39, 0.29) is 17.9 Å². The van der Waals surface area contributed by atoms with Gasteiger partial charge < -0.3 is 29.2 Å². The van der Waals surface area contributed by atoms with Gasteiger partial charge in [0.15, 0.2) is 0 Å². The Labute approximate surface area is 233 Å². The molecule has 3 fully saturated rings. The first-order valence-electron chi connectivity index (χ1n) is 14.3. The summed E-state index contributed by atoms with van der Waals surface area (Å²) in [5, 5.41) is 2.82. The van der Waals surface area contributed by atoms with Crippen molar-refractivity contribution < 1.29 is 23.6 Å². The molecular formula is C28H46BN5O5. The highest BCUT2D eigenvalue weighted by Gasteiger charge is 2.52. The number of anilines is 1. The highest BCUT2D eigenvalue weighted by Crippen LogP contribution is 2.37. The van der Waals surface area contributed by atoms with Gasteiger partial charge in [0.2, 0.25) is 11.9 Å². The topological polar surface area (TPSA) is 106 Å². The molecule has 216 valence electrons. The third-order valence-corrected chi connectivity index (χ3v) is 8.10. The van der Waals surface area contributed by atoms with Crippen molar-refractivity contribution in [2.45, 2.75) is 123 Å². The summed E-state index contributed by atoms with van der Waals surface area (Å²) < 4.78 is 17.7. The maximum atomic E-state index is 13.7. The second kappa shape index (κ2) is 10.9. The summed E-state index contributed by atoms with van der Waals surface area (Å²) in [4.78, 5) is 39.7. The summed E-state index contributed by atoms with van der Waals surface area (Å²) in [7, 11) is -0.508. The first-order valence-corrected chi connectivity index (χ1v) is 14.3. The van der Waals surface area contributed by atoms with Crippen LogP contribution in [0.15, 0.2) is 12.4 Å². The smallest absolute Gasteiger partial charge is 0.444 e. The van der Waals surface area contributed by atoms with Crippen LogP contribution in [0.5, 0.6) is 0 Å². The Morgan fingerprint density at radius 3 is 2.23 bits per heavy atom. The van der Waals surface area contributed by atoms with Gasteiger partial charge in [0.05, 0.1) is 11.2 Å². The molecule has 11 heteroatoms. The molecular weight excluding hydrogens is 497 g/mol. The molecule has 3 aliphatic rings. The van der Waals surface area contributed by atoms with Crippen molar-refractivity contribution in [3.63, 3.8) is 0 Å². The highest BCUT2D eigenvalue weighted by atomic mass is 16.7. The first-order chi connectivity index (χ1) is 18.1. The van der Waals surface area contributed by atoms with Crippen LogP contribution in [0.4, 0.5) is 10.7 Å². The molecule has 4 rings (SSSR count). The van der Waals surface area contributed by atoms with Gasteiger partial charge in [-0.2, -0.15) is 0 Å². The molecule has 2 saturated heterocycles. The van der Waals surface area contributed by atoms with Crippen molar-refractivity contribution in [1.82, 2.24) is 20.2 Å². The number of hydrogen-bond acceptors (Lipinski definition) is 8. The van der Waals surface area contributed by atoms with Crippen LogP contribution in [-0.4, -0.2) is 82.0 Å². The van der Waals surface area contributed by atoms with Crippen LogP contribution in [-0.2, 0) is 18.8 Å². The monoisotopic (exact) mass is 543 g/mol. The van der Waals surface area contributed by atoms with Crippen molar-refractivity contribution in [3.05, 3.63) is 12.4 Å². The lowest BCUT2D eigenvalue weighted by Gasteiger charge is -2.34. The summed E-state index contributed by atoms with van der Waals surface area (Å²) in [5.74, 6) is 0.521. The van der Waals surface area contributed by atoms with Crippen molar-refractivity contribution >= 4 is 30.5 Å². The second-order valence-electron chi connectivity index (χ2n) is 13.5. The summed E-state index contributed by atoms with van der Waals surface area (Å²) in [6.45, 7) is 18.7. The quantitative estimate of drug-likeness (QED) is 0.498. The van der Waals surface area contributed by atoms with Crippen molar-refractivity contribution in [3.8, 4) is 0 Å². The predicted octanol–water partition coefficient (Wildman–Crippen LogP) is 3.28. The number of rotatable bonds is 8. The number of aromatic nitrogens is 2. The maximum Gasteiger partial charge on any atom is 0.498 e. The molecule has 0 bridgehead atoms. The van der Waals surface area contributed by atoms with Crippen LogP contribution in [0, 0.1) is 5.92 Å². The molecule has 1 aromatic rings. The third kappa shape index (κ3) is 6.85. The molecule has 2 amide bonds. The summed E-state index contributed by atoms with van der Waals surface area (Å²) in [6.07, 6.45) is 7.00. The van der Waals surface area contributed by atoms with Crippen LogP contribution in [0.25, 0.3) is 0 Å². The number of amides is 2. The van der Waals surface area contributed by atoms with Gasteiger partial charge in [-0.3, -0.25) is 4.79 Å². The predicted molar refractivity (Wildman–Crippen MR) is 151 cm³/mol. The minimum absolute atomic E-state index is 0.0196. The summed E-state index contributed by atoms with van der Waals surface area (Å²) >= 11 is 0. The molecule has 0 aromatic carbocycles. The van der Waals surface area contributed by atoms with E-state index in [4.69, 9.17) is 24.0 Å². The van der Waals surface area contributed by atoms with E-state index in [0.29, 0.717) is 25.1 Å². The van der Waals surface area contributed by atoms with Gasteiger partial charge in [0.1, 0.15) is 11.6 Å². The van der Waals surface area contributed by atoms with Crippen molar-refractivity contribution in [2.75, 3.05) is 18.0 Å². The minimum Gasteiger partial charge on any atom is -0.444 e. The zero-order chi connectivity index (χ0) is 28.8. The van der Waals surface area contributed by atoms with Gasteiger partial charge >= 0.3 is 13.2 Å². The zero-order valence-corrected chi connectivity index (χ0v) is 25.1. The number of ether oxygens (including phenoxy) is 1. The Bertz CT molecular complexity index is 1020. The number of likely N-dealkylation sites (tertiary alicyclic amines) is 1. The van der Waals surface area contributed by atoms with E-state index >= 15 is 0 Å². The van der Waals surface area contributed by atoms with Gasteiger partial charge in [0, 0.05) is 43.0 Å². The SMILES string of the molecule is CC(C)[C@H](NC(=O)OC(C)(C)C)C(=O)N1CCC[C@H]1CN(c1ncc(B2OC(C)(C)C(C)(C)O2)cn1)C1CC1. The van der Waals surface area contributed by atoms with Crippen LogP contribution in [0.2, 0.25) is 0 Å². The number of nitrogens with one attached hydrogen (secondary N) is 1. The molecule has 0 spiro atoms. The number of nitrogens with zero attached hydrogens (tertiary/aromatic N) is 4. The fourth-order valence-corrected chi connectivity index (χ4v) is 5.03. The normalized spacial score (nSPS) is 23.2. The van der Waals surface area contributed by atoms with Gasteiger partial charge in [-0.15, -0.1) is 0 Å². The fourth-order valence-electron chi connectivity index (χ4n) is 5.03. The molecule has 39 heavy (non-hydrogen) atoms. The molecule has 0 unspecified atom stereocenters. The lowest BCUT2D eigenvalue weighted by Crippen LogP contribution is -2.55. The molecule has 1 N–H and O–H groups in total. The van der Waals surface area contributed by atoms with Crippen LogP contribution in [0.1, 0.15) is 88.0 Å². The number of carbonyl (C=O) groups is 2. The van der Waals surface area contributed by atoms with Gasteiger partial charge in [-0.05, 0) is 80.1 Å². The number of alkyl carbamates (subject to hydrolysis) is 1. The third-order valence-electron chi connectivity index (χ3n) is 8.10. The Kier molecular flexibility index (Phi) is 8.25. The second-order valence-corrected chi connectivity index (χ2v) is 13.5. The Balaban J connectivity index is 1.44. The minimum atomic E-state index is -0.648. The maximum absolute atomic E-state index is 13.7. The van der Waals surface area contributed by atoms with E-state index in [9.17, 15) is 9.59 Å². The largest absolute Gasteiger partial charge is 0.498 e. The molecule has 2 aliphatic heterocycles. The van der Waals surface area contributed by atoms with E-state index in [0.717, 1.165) is 31.1 Å². The van der Waals surface area contributed by atoms with Gasteiger partial charge in [0.25, 0.3) is 0 Å². The molecule has 3 heterocycles. The van der Waals surface area contributed by atoms with Gasteiger partial charge in [-0.25, -0.2) is 14.8 Å². The van der Waals surface area contributed by atoms with E-state index in [1.165, 1.54) is 0 Å². The summed E-state index contributed by atoms with van der Waals surface area (Å²) in [6, 6.07) is -0.262. The Morgan fingerprint density at radius 2 is 1.72 bits per heavy atom. The molecule has 1 aromatic heterocycles. The van der Waals surface area contributed by atoms with Gasteiger partial charge in [-0.1, -0.05) is 13.8 Å². The number of carbonyl (C=O) groups excluding carboxylic acids is 2. The van der Waals surface area contributed by atoms with Crippen LogP contribution >= 0.6 is 0 Å². The van der Waals surface area contributed by atoms with Crippen molar-refractivity contribution in [2.24, 2.45) is 5.92 Å². The summed E-state index contributed by atoms with van der Waals surface area (Å²) in [5.41, 5.74) is -0.700. The lowest BCUT2D eigenvalue weighted by molar-refractivity contribution is -0.135. The molecule has 1 saturated carbocycles. The van der Waals surface area contributed by atoms with E-state index in [1.54, 1.807) is 12.4 Å². The number of hydrogen-bond donors (Lipinski definition) is 1. The first kappa shape index (κ1) is 29.6. The fraction of sp³-hybridized carbons (Fsp3) is 0.786. The molecule has 2 atom stereocenters. The molecule has 1 aliphatic carbocycles. The average Bonchev–Trinajstić information content (AvgIpc) is 3.50. The Hall–Kier alpha value is -2.40.